The lowest BCUT2D eigenvalue weighted by Gasteiger charge is -2.11. The van der Waals surface area contributed by atoms with Crippen LogP contribution in [0.15, 0.2) is 18.2 Å². The summed E-state index contributed by atoms with van der Waals surface area (Å²) < 4.78 is 0. The third-order valence-electron chi connectivity index (χ3n) is 1.98. The second kappa shape index (κ2) is 6.43. The number of carbonyl (C=O) groups excluding carboxylic acids is 1. The zero-order valence-corrected chi connectivity index (χ0v) is 9.47. The predicted molar refractivity (Wildman–Crippen MR) is 63.4 cm³/mol. The molecule has 4 heteroatoms. The topological polar surface area (TPSA) is 41.1 Å². The average Bonchev–Trinajstić information content (AvgIpc) is 2.22. The standard InChI is InChI=1S/C11H15ClN2O/c1-2-14-11-7-10(12)4-3-9(11)8-13-5-6-15/h3-4,6-7,13-14H,2,5,8H2,1H3. The van der Waals surface area contributed by atoms with Crippen LogP contribution >= 0.6 is 11.6 Å². The molecule has 0 aromatic heterocycles. The minimum Gasteiger partial charge on any atom is -0.385 e. The molecule has 0 radical (unpaired) electrons. The van der Waals surface area contributed by atoms with Gasteiger partial charge in [0.05, 0.1) is 6.54 Å². The minimum atomic E-state index is 0.369. The summed E-state index contributed by atoms with van der Waals surface area (Å²) >= 11 is 5.90. The molecule has 0 saturated carbocycles. The Morgan fingerprint density at radius 1 is 1.47 bits per heavy atom. The van der Waals surface area contributed by atoms with Gasteiger partial charge in [-0.05, 0) is 24.6 Å². The van der Waals surface area contributed by atoms with Crippen LogP contribution in [0.5, 0.6) is 0 Å². The van der Waals surface area contributed by atoms with Crippen molar-refractivity contribution in [3.05, 3.63) is 28.8 Å². The van der Waals surface area contributed by atoms with Gasteiger partial charge in [0.25, 0.3) is 0 Å². The van der Waals surface area contributed by atoms with Gasteiger partial charge in [0, 0.05) is 23.8 Å². The molecule has 0 aliphatic carbocycles. The summed E-state index contributed by atoms with van der Waals surface area (Å²) in [5.41, 5.74) is 2.13. The predicted octanol–water partition coefficient (Wildman–Crippen LogP) is 2.06. The molecule has 1 aromatic carbocycles. The van der Waals surface area contributed by atoms with Crippen LogP contribution in [0.25, 0.3) is 0 Å². The third kappa shape index (κ3) is 3.90. The fraction of sp³-hybridized carbons (Fsp3) is 0.364. The molecule has 0 amide bonds. The Morgan fingerprint density at radius 3 is 2.93 bits per heavy atom. The fourth-order valence-electron chi connectivity index (χ4n) is 1.32. The van der Waals surface area contributed by atoms with Gasteiger partial charge >= 0.3 is 0 Å². The van der Waals surface area contributed by atoms with Gasteiger partial charge in [0.1, 0.15) is 6.29 Å². The zero-order chi connectivity index (χ0) is 11.1. The van der Waals surface area contributed by atoms with E-state index in [1.54, 1.807) is 0 Å². The summed E-state index contributed by atoms with van der Waals surface area (Å²) in [6.45, 7) is 3.91. The van der Waals surface area contributed by atoms with E-state index in [2.05, 4.69) is 10.6 Å². The number of rotatable bonds is 6. The minimum absolute atomic E-state index is 0.369. The Hall–Kier alpha value is -1.06. The molecular formula is C11H15ClN2O. The van der Waals surface area contributed by atoms with Crippen LogP contribution in [0, 0.1) is 0 Å². The summed E-state index contributed by atoms with van der Waals surface area (Å²) in [6, 6.07) is 5.70. The average molecular weight is 227 g/mol. The lowest BCUT2D eigenvalue weighted by molar-refractivity contribution is -0.107. The molecule has 3 nitrogen and oxygen atoms in total. The lowest BCUT2D eigenvalue weighted by Crippen LogP contribution is -2.16. The SMILES string of the molecule is CCNc1cc(Cl)ccc1CNCC=O. The lowest BCUT2D eigenvalue weighted by atomic mass is 10.1. The fourth-order valence-corrected chi connectivity index (χ4v) is 1.50. The van der Waals surface area contributed by atoms with Crippen LogP contribution in [0.4, 0.5) is 5.69 Å². The maximum atomic E-state index is 10.2. The number of hydrogen-bond acceptors (Lipinski definition) is 3. The second-order valence-corrected chi connectivity index (χ2v) is 3.57. The molecule has 0 saturated heterocycles. The molecule has 0 unspecified atom stereocenters. The first-order valence-electron chi connectivity index (χ1n) is 4.94. The summed E-state index contributed by atoms with van der Waals surface area (Å²) in [5, 5.41) is 6.96. The molecule has 0 fully saturated rings. The third-order valence-corrected chi connectivity index (χ3v) is 2.22. The normalized spacial score (nSPS) is 10.0. The molecule has 0 spiro atoms. The monoisotopic (exact) mass is 226 g/mol. The van der Waals surface area contributed by atoms with E-state index in [0.29, 0.717) is 18.1 Å². The van der Waals surface area contributed by atoms with Gasteiger partial charge in [-0.15, -0.1) is 0 Å². The van der Waals surface area contributed by atoms with Crippen LogP contribution < -0.4 is 10.6 Å². The smallest absolute Gasteiger partial charge is 0.133 e. The highest BCUT2D eigenvalue weighted by atomic mass is 35.5. The number of nitrogens with one attached hydrogen (secondary N) is 2. The second-order valence-electron chi connectivity index (χ2n) is 3.13. The van der Waals surface area contributed by atoms with Crippen molar-refractivity contribution in [2.24, 2.45) is 0 Å². The molecule has 15 heavy (non-hydrogen) atoms. The molecule has 2 N–H and O–H groups in total. The molecule has 0 bridgehead atoms. The molecule has 0 atom stereocenters. The Bertz CT molecular complexity index is 328. The molecule has 0 aliphatic rings. The highest BCUT2D eigenvalue weighted by Gasteiger charge is 2.01. The van der Waals surface area contributed by atoms with Crippen LogP contribution in [0.3, 0.4) is 0 Å². The van der Waals surface area contributed by atoms with E-state index in [-0.39, 0.29) is 0 Å². The van der Waals surface area contributed by atoms with Crippen LogP contribution in [0.1, 0.15) is 12.5 Å². The van der Waals surface area contributed by atoms with Crippen LogP contribution in [0.2, 0.25) is 5.02 Å². The Labute approximate surface area is 94.8 Å². The molecule has 82 valence electrons. The summed E-state index contributed by atoms with van der Waals surface area (Å²) in [6.07, 6.45) is 0.850. The van der Waals surface area contributed by atoms with E-state index in [9.17, 15) is 4.79 Å². The molecule has 0 heterocycles. The van der Waals surface area contributed by atoms with E-state index in [1.165, 1.54) is 0 Å². The van der Waals surface area contributed by atoms with Crippen molar-refractivity contribution < 1.29 is 4.79 Å². The van der Waals surface area contributed by atoms with Crippen molar-refractivity contribution in [3.63, 3.8) is 0 Å². The number of halogens is 1. The van der Waals surface area contributed by atoms with Gasteiger partial charge < -0.3 is 15.4 Å². The van der Waals surface area contributed by atoms with Gasteiger partial charge in [0.15, 0.2) is 0 Å². The van der Waals surface area contributed by atoms with Gasteiger partial charge in [-0.2, -0.15) is 0 Å². The number of anilines is 1. The zero-order valence-electron chi connectivity index (χ0n) is 8.72. The van der Waals surface area contributed by atoms with Crippen molar-refractivity contribution in [1.29, 1.82) is 0 Å². The summed E-state index contributed by atoms with van der Waals surface area (Å²) in [4.78, 5) is 10.2. The maximum Gasteiger partial charge on any atom is 0.133 e. The summed E-state index contributed by atoms with van der Waals surface area (Å²) in [5.74, 6) is 0. The Balaban J connectivity index is 2.71. The first-order chi connectivity index (χ1) is 7.27. The van der Waals surface area contributed by atoms with Crippen molar-refractivity contribution in [2.75, 3.05) is 18.4 Å². The maximum absolute atomic E-state index is 10.2. The van der Waals surface area contributed by atoms with Crippen molar-refractivity contribution >= 4 is 23.6 Å². The van der Waals surface area contributed by atoms with Gasteiger partial charge in [-0.25, -0.2) is 0 Å². The first kappa shape index (κ1) is 12.0. The van der Waals surface area contributed by atoms with Crippen LogP contribution in [-0.4, -0.2) is 19.4 Å². The van der Waals surface area contributed by atoms with Gasteiger partial charge in [-0.3, -0.25) is 0 Å². The van der Waals surface area contributed by atoms with Crippen LogP contribution in [-0.2, 0) is 11.3 Å². The quantitative estimate of drug-likeness (QED) is 0.576. The molecular weight excluding hydrogens is 212 g/mol. The van der Waals surface area contributed by atoms with Crippen molar-refractivity contribution in [2.45, 2.75) is 13.5 Å². The first-order valence-corrected chi connectivity index (χ1v) is 5.32. The number of benzene rings is 1. The number of aldehydes is 1. The Kier molecular flexibility index (Phi) is 5.15. The number of hydrogen-bond donors (Lipinski definition) is 2. The van der Waals surface area contributed by atoms with E-state index in [1.807, 2.05) is 25.1 Å². The molecule has 1 aromatic rings. The van der Waals surface area contributed by atoms with E-state index in [4.69, 9.17) is 11.6 Å². The highest BCUT2D eigenvalue weighted by Crippen LogP contribution is 2.20. The molecule has 0 aliphatic heterocycles. The number of carbonyl (C=O) groups is 1. The van der Waals surface area contributed by atoms with Gasteiger partial charge in [0.2, 0.25) is 0 Å². The molecule has 1 rings (SSSR count). The van der Waals surface area contributed by atoms with E-state index in [0.717, 1.165) is 24.1 Å². The largest absolute Gasteiger partial charge is 0.385 e. The van der Waals surface area contributed by atoms with Crippen molar-refractivity contribution in [1.82, 2.24) is 5.32 Å². The Morgan fingerprint density at radius 2 is 2.27 bits per heavy atom. The van der Waals surface area contributed by atoms with Gasteiger partial charge in [-0.1, -0.05) is 17.7 Å². The van der Waals surface area contributed by atoms with E-state index < -0.39 is 0 Å². The summed E-state index contributed by atoms with van der Waals surface area (Å²) in [7, 11) is 0. The highest BCUT2D eigenvalue weighted by molar-refractivity contribution is 6.30. The van der Waals surface area contributed by atoms with Crippen molar-refractivity contribution in [3.8, 4) is 0 Å². The van der Waals surface area contributed by atoms with E-state index >= 15 is 0 Å².